The zero-order valence-electron chi connectivity index (χ0n) is 26.5. The first-order valence-corrected chi connectivity index (χ1v) is 15.2. The van der Waals surface area contributed by atoms with Crippen molar-refractivity contribution < 1.29 is 11.0 Å². The summed E-state index contributed by atoms with van der Waals surface area (Å²) in [5.74, 6) is 0.0692. The minimum Gasteiger partial charge on any atom is -0.381 e. The third-order valence-corrected chi connectivity index (χ3v) is 8.67. The second-order valence-corrected chi connectivity index (χ2v) is 10.8. The average molecular weight is 563 g/mol. The molecule has 1 aliphatic heterocycles. The van der Waals surface area contributed by atoms with Gasteiger partial charge in [-0.2, -0.15) is 0 Å². The molecule has 0 unspecified atom stereocenters. The molecule has 2 aromatic rings. The standard InChI is InChI=1S/C30H37N3O2.2C2H6.CH3N.H2/c1-5-21-13-20(18-32-29(3)11-8-12-29)14-25-26(21)19-33(28(25)34)23-10-7-9-22(15-23)30(27(31)6-2)16-24(17-30)35-4;3*1-2;/h6-7,9-10,13-15,24,31-32H,2,5,8,11-12,16-19H2,1,3-4H3;2*1-2H3;2H,1H2;1H. The van der Waals surface area contributed by atoms with Crippen LogP contribution in [0.15, 0.2) is 49.1 Å². The lowest BCUT2D eigenvalue weighted by molar-refractivity contribution is 0.00678. The first-order chi connectivity index (χ1) is 19.8. The van der Waals surface area contributed by atoms with Gasteiger partial charge in [-0.1, -0.05) is 59.4 Å². The molecule has 2 saturated carbocycles. The summed E-state index contributed by atoms with van der Waals surface area (Å²) in [5, 5.41) is 17.8. The minimum atomic E-state index is -0.390. The number of nitrogens with zero attached hydrogens (tertiary/aromatic N) is 1. The van der Waals surface area contributed by atoms with E-state index in [1.807, 2.05) is 44.7 Å². The monoisotopic (exact) mass is 562 g/mol. The number of benzene rings is 2. The zero-order valence-corrected chi connectivity index (χ0v) is 26.5. The zero-order chi connectivity index (χ0) is 30.8. The lowest BCUT2D eigenvalue weighted by Gasteiger charge is -2.47. The molecule has 1 heterocycles. The number of fused-ring (bicyclic) bond motifs is 1. The lowest BCUT2D eigenvalue weighted by Crippen LogP contribution is -2.50. The summed E-state index contributed by atoms with van der Waals surface area (Å²) in [6.07, 6.45) is 7.96. The number of carbonyl (C=O) groups is 1. The van der Waals surface area contributed by atoms with E-state index in [4.69, 9.17) is 15.6 Å². The summed E-state index contributed by atoms with van der Waals surface area (Å²) in [5.41, 5.74) is 6.76. The molecule has 0 radical (unpaired) electrons. The highest BCUT2D eigenvalue weighted by atomic mass is 16.5. The van der Waals surface area contributed by atoms with E-state index in [2.05, 4.69) is 56.7 Å². The minimum absolute atomic E-state index is 0. The van der Waals surface area contributed by atoms with Crippen molar-refractivity contribution in [3.63, 3.8) is 0 Å². The van der Waals surface area contributed by atoms with E-state index in [0.717, 1.165) is 48.2 Å². The van der Waals surface area contributed by atoms with E-state index in [1.54, 1.807) is 13.2 Å². The van der Waals surface area contributed by atoms with Crippen LogP contribution in [-0.4, -0.2) is 37.1 Å². The Labute approximate surface area is 250 Å². The number of allylic oxidation sites excluding steroid dienone is 1. The Morgan fingerprint density at radius 2 is 1.83 bits per heavy atom. The summed E-state index contributed by atoms with van der Waals surface area (Å²) >= 11 is 0. The molecule has 0 spiro atoms. The first kappa shape index (κ1) is 34.1. The van der Waals surface area contributed by atoms with E-state index in [9.17, 15) is 4.79 Å². The molecular weight excluding hydrogens is 508 g/mol. The number of hydrogen-bond acceptors (Lipinski definition) is 5. The highest BCUT2D eigenvalue weighted by Gasteiger charge is 2.48. The predicted molar refractivity (Wildman–Crippen MR) is 176 cm³/mol. The number of anilines is 1. The Morgan fingerprint density at radius 3 is 2.37 bits per heavy atom. The van der Waals surface area contributed by atoms with Crippen LogP contribution >= 0.6 is 0 Å². The van der Waals surface area contributed by atoms with Gasteiger partial charge in [-0.15, -0.1) is 0 Å². The molecule has 41 heavy (non-hydrogen) atoms. The van der Waals surface area contributed by atoms with E-state index in [0.29, 0.717) is 12.3 Å². The Morgan fingerprint density at radius 1 is 1.17 bits per heavy atom. The second kappa shape index (κ2) is 15.2. The van der Waals surface area contributed by atoms with Crippen molar-refractivity contribution in [3.05, 3.63) is 76.9 Å². The topological polar surface area (TPSA) is 89.3 Å². The van der Waals surface area contributed by atoms with Gasteiger partial charge in [0.25, 0.3) is 5.91 Å². The maximum absolute atomic E-state index is 13.6. The summed E-state index contributed by atoms with van der Waals surface area (Å²) in [6.45, 7) is 20.2. The quantitative estimate of drug-likeness (QED) is 0.269. The molecule has 0 atom stereocenters. The van der Waals surface area contributed by atoms with Crippen LogP contribution < -0.4 is 10.2 Å². The lowest BCUT2D eigenvalue weighted by atomic mass is 9.60. The molecule has 2 fully saturated rings. The smallest absolute Gasteiger partial charge is 0.258 e. The van der Waals surface area contributed by atoms with Gasteiger partial charge in [-0.25, -0.2) is 0 Å². The van der Waals surface area contributed by atoms with Gasteiger partial charge in [-0.3, -0.25) is 4.79 Å². The Kier molecular flexibility index (Phi) is 12.7. The van der Waals surface area contributed by atoms with E-state index < -0.39 is 0 Å². The summed E-state index contributed by atoms with van der Waals surface area (Å²) < 4.78 is 5.53. The van der Waals surface area contributed by atoms with E-state index in [-0.39, 0.29) is 24.4 Å². The van der Waals surface area contributed by atoms with Gasteiger partial charge in [0.15, 0.2) is 0 Å². The highest BCUT2D eigenvalue weighted by Crippen LogP contribution is 2.47. The van der Waals surface area contributed by atoms with Gasteiger partial charge in [0.2, 0.25) is 0 Å². The van der Waals surface area contributed by atoms with Crippen molar-refractivity contribution in [2.45, 2.75) is 110 Å². The molecule has 0 bridgehead atoms. The van der Waals surface area contributed by atoms with Gasteiger partial charge in [0, 0.05) is 43.0 Å². The van der Waals surface area contributed by atoms with Crippen molar-refractivity contribution in [1.82, 2.24) is 5.32 Å². The molecule has 2 aliphatic carbocycles. The molecular formula is C35H54N4O2. The van der Waals surface area contributed by atoms with Crippen molar-refractivity contribution >= 4 is 24.0 Å². The van der Waals surface area contributed by atoms with E-state index in [1.165, 1.54) is 30.4 Å². The Bertz CT molecular complexity index is 1200. The van der Waals surface area contributed by atoms with Gasteiger partial charge in [-0.05, 0) is 98.7 Å². The van der Waals surface area contributed by atoms with Gasteiger partial charge in [0.1, 0.15) is 0 Å². The molecule has 3 N–H and O–H groups in total. The fourth-order valence-corrected chi connectivity index (χ4v) is 6.04. The van der Waals surface area contributed by atoms with Crippen molar-refractivity contribution in [1.29, 1.82) is 10.8 Å². The average Bonchev–Trinajstić information content (AvgIpc) is 3.33. The number of methoxy groups -OCH3 is 1. The number of carbonyl (C=O) groups excluding carboxylic acids is 1. The summed E-state index contributed by atoms with van der Waals surface area (Å²) in [4.78, 5) is 15.5. The molecule has 0 aromatic heterocycles. The number of nitrogens with one attached hydrogen (secondary N) is 3. The van der Waals surface area contributed by atoms with Crippen LogP contribution in [0.2, 0.25) is 0 Å². The summed E-state index contributed by atoms with van der Waals surface area (Å²) in [7, 11) is 1.73. The number of hydrogen-bond donors (Lipinski definition) is 3. The summed E-state index contributed by atoms with van der Waals surface area (Å²) in [6, 6.07) is 12.6. The maximum Gasteiger partial charge on any atom is 0.258 e. The molecule has 2 aromatic carbocycles. The number of amides is 1. The normalized spacial score (nSPS) is 21.3. The second-order valence-electron chi connectivity index (χ2n) is 10.8. The molecule has 0 saturated heterocycles. The Balaban J connectivity index is 0.00000119. The van der Waals surface area contributed by atoms with Crippen LogP contribution in [-0.2, 0) is 29.7 Å². The highest BCUT2D eigenvalue weighted by molar-refractivity contribution is 6.10. The van der Waals surface area contributed by atoms with Crippen molar-refractivity contribution in [3.8, 4) is 0 Å². The molecule has 6 nitrogen and oxygen atoms in total. The SMILES string of the molecule is C=CC(=N)C1(c2cccc(N3Cc4c(CC)cc(CNC5(C)CCC5)cc4C3=O)c2)CC(OC)C1.C=N.CC.CC.[HH]. The van der Waals surface area contributed by atoms with E-state index >= 15 is 0 Å². The first-order valence-electron chi connectivity index (χ1n) is 15.2. The maximum atomic E-state index is 13.6. The molecule has 3 aliphatic rings. The molecule has 6 heteroatoms. The molecule has 226 valence electrons. The van der Waals surface area contributed by atoms with Gasteiger partial charge < -0.3 is 25.8 Å². The Hall–Kier alpha value is -3.09. The predicted octanol–water partition coefficient (Wildman–Crippen LogP) is 8.26. The van der Waals surface area contributed by atoms with Crippen LogP contribution in [0.4, 0.5) is 5.69 Å². The third kappa shape index (κ3) is 6.87. The van der Waals surface area contributed by atoms with Gasteiger partial charge >= 0.3 is 0 Å². The third-order valence-electron chi connectivity index (χ3n) is 8.67. The number of ether oxygens (including phenoxy) is 1. The number of aryl methyl sites for hydroxylation is 1. The van der Waals surface area contributed by atoms with Crippen LogP contribution in [0.25, 0.3) is 0 Å². The van der Waals surface area contributed by atoms with Crippen molar-refractivity contribution in [2.24, 2.45) is 0 Å². The van der Waals surface area contributed by atoms with Crippen LogP contribution in [0.1, 0.15) is 108 Å². The number of rotatable bonds is 9. The largest absolute Gasteiger partial charge is 0.381 e. The van der Waals surface area contributed by atoms with Crippen molar-refractivity contribution in [2.75, 3.05) is 12.0 Å². The molecule has 1 amide bonds. The molecule has 5 rings (SSSR count). The fourth-order valence-electron chi connectivity index (χ4n) is 6.04. The van der Waals surface area contributed by atoms with Gasteiger partial charge in [0.05, 0.1) is 12.6 Å². The van der Waals surface area contributed by atoms with Crippen LogP contribution in [0, 0.1) is 10.8 Å². The fraction of sp³-hybridized carbons (Fsp3) is 0.514. The van der Waals surface area contributed by atoms with Crippen LogP contribution in [0.5, 0.6) is 0 Å². The van der Waals surface area contributed by atoms with Crippen LogP contribution in [0.3, 0.4) is 0 Å².